The Morgan fingerprint density at radius 2 is 1.95 bits per heavy atom. The number of nitrogens with zero attached hydrogens (tertiary/aromatic N) is 3. The average molecular weight is 304 g/mol. The zero-order valence-corrected chi connectivity index (χ0v) is 12.5. The second kappa shape index (κ2) is 4.86. The van der Waals surface area contributed by atoms with Gasteiger partial charge in [-0.15, -0.1) is 0 Å². The zero-order chi connectivity index (χ0) is 13.5. The van der Waals surface area contributed by atoms with E-state index in [0.29, 0.717) is 0 Å². The molecule has 20 heavy (non-hydrogen) atoms. The first-order valence-electron chi connectivity index (χ1n) is 6.72. The number of aromatic nitrogens is 2. The fourth-order valence-electron chi connectivity index (χ4n) is 2.74. The minimum atomic E-state index is 0.733. The van der Waals surface area contributed by atoms with Crippen LogP contribution in [0.15, 0.2) is 36.5 Å². The second-order valence-electron chi connectivity index (χ2n) is 4.93. The molecule has 1 aliphatic rings. The van der Waals surface area contributed by atoms with Crippen molar-refractivity contribution in [3.8, 4) is 0 Å². The minimum absolute atomic E-state index is 0.733. The SMILES string of the molecule is Clc1ccc2c(c1)nc(N1CCSCC1)c1cccn12. The summed E-state index contributed by atoms with van der Waals surface area (Å²) >= 11 is 8.13. The van der Waals surface area contributed by atoms with E-state index in [1.807, 2.05) is 30.0 Å². The Morgan fingerprint density at radius 3 is 2.80 bits per heavy atom. The first-order valence-corrected chi connectivity index (χ1v) is 8.25. The van der Waals surface area contributed by atoms with Crippen LogP contribution in [0.25, 0.3) is 16.6 Å². The van der Waals surface area contributed by atoms with Gasteiger partial charge in [-0.3, -0.25) is 0 Å². The van der Waals surface area contributed by atoms with Crippen molar-refractivity contribution in [3.63, 3.8) is 0 Å². The maximum absolute atomic E-state index is 6.12. The molecule has 0 N–H and O–H groups in total. The van der Waals surface area contributed by atoms with Crippen molar-refractivity contribution in [2.24, 2.45) is 0 Å². The predicted molar refractivity (Wildman–Crippen MR) is 87.2 cm³/mol. The maximum Gasteiger partial charge on any atom is 0.153 e. The van der Waals surface area contributed by atoms with E-state index in [1.54, 1.807) is 0 Å². The van der Waals surface area contributed by atoms with Gasteiger partial charge < -0.3 is 9.30 Å². The van der Waals surface area contributed by atoms with Crippen molar-refractivity contribution in [2.45, 2.75) is 0 Å². The molecule has 2 aromatic heterocycles. The number of fused-ring (bicyclic) bond motifs is 3. The molecule has 3 aromatic rings. The van der Waals surface area contributed by atoms with Crippen LogP contribution >= 0.6 is 23.4 Å². The third-order valence-electron chi connectivity index (χ3n) is 3.71. The monoisotopic (exact) mass is 303 g/mol. The Morgan fingerprint density at radius 1 is 1.10 bits per heavy atom. The van der Waals surface area contributed by atoms with Crippen LogP contribution in [-0.2, 0) is 0 Å². The summed E-state index contributed by atoms with van der Waals surface area (Å²) in [7, 11) is 0. The molecule has 3 heterocycles. The highest BCUT2D eigenvalue weighted by molar-refractivity contribution is 7.99. The van der Waals surface area contributed by atoms with Gasteiger partial charge in [-0.1, -0.05) is 11.6 Å². The second-order valence-corrected chi connectivity index (χ2v) is 6.59. The van der Waals surface area contributed by atoms with Crippen molar-refractivity contribution >= 4 is 45.7 Å². The van der Waals surface area contributed by atoms with Gasteiger partial charge in [0.1, 0.15) is 0 Å². The highest BCUT2D eigenvalue weighted by Gasteiger charge is 2.17. The summed E-state index contributed by atoms with van der Waals surface area (Å²) in [5.74, 6) is 3.41. The van der Waals surface area contributed by atoms with E-state index in [0.717, 1.165) is 35.0 Å². The van der Waals surface area contributed by atoms with Gasteiger partial charge in [0.2, 0.25) is 0 Å². The van der Waals surface area contributed by atoms with E-state index >= 15 is 0 Å². The molecular weight excluding hydrogens is 290 g/mol. The predicted octanol–water partition coefficient (Wildman–Crippen LogP) is 3.69. The van der Waals surface area contributed by atoms with Gasteiger partial charge in [0.15, 0.2) is 5.82 Å². The summed E-state index contributed by atoms with van der Waals surface area (Å²) in [5.41, 5.74) is 3.23. The number of thioether (sulfide) groups is 1. The van der Waals surface area contributed by atoms with Crippen LogP contribution in [0.4, 0.5) is 5.82 Å². The van der Waals surface area contributed by atoms with Crippen LogP contribution < -0.4 is 4.90 Å². The summed E-state index contributed by atoms with van der Waals surface area (Å²) in [5, 5.41) is 0.733. The van der Waals surface area contributed by atoms with E-state index in [4.69, 9.17) is 16.6 Å². The molecule has 0 bridgehead atoms. The largest absolute Gasteiger partial charge is 0.353 e. The molecular formula is C15H14ClN3S. The molecule has 0 saturated carbocycles. The van der Waals surface area contributed by atoms with E-state index in [-0.39, 0.29) is 0 Å². The molecule has 4 rings (SSSR count). The van der Waals surface area contributed by atoms with E-state index < -0.39 is 0 Å². The average Bonchev–Trinajstić information content (AvgIpc) is 2.96. The standard InChI is InChI=1S/C15H14ClN3S/c16-11-3-4-13-12(10-11)17-15(14-2-1-5-19(13)14)18-6-8-20-9-7-18/h1-5,10H,6-9H2. The molecule has 102 valence electrons. The van der Waals surface area contributed by atoms with Gasteiger partial charge in [-0.2, -0.15) is 11.8 Å². The van der Waals surface area contributed by atoms with Crippen LogP contribution in [0.5, 0.6) is 0 Å². The molecule has 5 heteroatoms. The van der Waals surface area contributed by atoms with Gasteiger partial charge in [0.25, 0.3) is 0 Å². The number of benzene rings is 1. The molecule has 1 saturated heterocycles. The molecule has 3 nitrogen and oxygen atoms in total. The maximum atomic E-state index is 6.12. The van der Waals surface area contributed by atoms with Gasteiger partial charge in [-0.25, -0.2) is 4.98 Å². The molecule has 0 spiro atoms. The quantitative estimate of drug-likeness (QED) is 0.684. The summed E-state index contributed by atoms with van der Waals surface area (Å²) in [6.45, 7) is 2.12. The third-order valence-corrected chi connectivity index (χ3v) is 4.89. The lowest BCUT2D eigenvalue weighted by Gasteiger charge is -2.28. The smallest absolute Gasteiger partial charge is 0.153 e. The molecule has 1 aromatic carbocycles. The summed E-state index contributed by atoms with van der Waals surface area (Å²) in [6.07, 6.45) is 2.09. The number of rotatable bonds is 1. The van der Waals surface area contributed by atoms with E-state index in [9.17, 15) is 0 Å². The lowest BCUT2D eigenvalue weighted by atomic mass is 10.3. The van der Waals surface area contributed by atoms with Crippen LogP contribution in [0.3, 0.4) is 0 Å². The number of halogens is 1. The number of hydrogen-bond donors (Lipinski definition) is 0. The van der Waals surface area contributed by atoms with Gasteiger partial charge >= 0.3 is 0 Å². The summed E-state index contributed by atoms with van der Waals surface area (Å²) < 4.78 is 2.20. The first-order chi connectivity index (χ1) is 9.83. The lowest BCUT2D eigenvalue weighted by molar-refractivity contribution is 0.844. The van der Waals surface area contributed by atoms with Crippen LogP contribution in [0, 0.1) is 0 Å². The normalized spacial score (nSPS) is 16.1. The van der Waals surface area contributed by atoms with Crippen molar-refractivity contribution in [1.29, 1.82) is 0 Å². The summed E-state index contributed by atoms with van der Waals surface area (Å²) in [4.78, 5) is 7.25. The highest BCUT2D eigenvalue weighted by atomic mass is 35.5. The molecule has 0 aliphatic carbocycles. The van der Waals surface area contributed by atoms with E-state index in [1.165, 1.54) is 17.0 Å². The Balaban J connectivity index is 1.99. The van der Waals surface area contributed by atoms with Crippen molar-refractivity contribution in [3.05, 3.63) is 41.6 Å². The fraction of sp³-hybridized carbons (Fsp3) is 0.267. The van der Waals surface area contributed by atoms with Gasteiger partial charge in [0.05, 0.1) is 16.6 Å². The molecule has 0 unspecified atom stereocenters. The third kappa shape index (κ3) is 1.95. The van der Waals surface area contributed by atoms with Crippen molar-refractivity contribution < 1.29 is 0 Å². The number of hydrogen-bond acceptors (Lipinski definition) is 3. The Bertz CT molecular complexity index is 777. The van der Waals surface area contributed by atoms with Gasteiger partial charge in [-0.05, 0) is 30.3 Å². The van der Waals surface area contributed by atoms with Crippen molar-refractivity contribution in [1.82, 2.24) is 9.38 Å². The Kier molecular flexibility index (Phi) is 3.00. The van der Waals surface area contributed by atoms with Gasteiger partial charge in [0, 0.05) is 35.8 Å². The summed E-state index contributed by atoms with van der Waals surface area (Å²) in [6, 6.07) is 10.1. The Labute approximate surface area is 126 Å². The minimum Gasteiger partial charge on any atom is -0.353 e. The molecule has 1 fully saturated rings. The highest BCUT2D eigenvalue weighted by Crippen LogP contribution is 2.28. The topological polar surface area (TPSA) is 20.5 Å². The van der Waals surface area contributed by atoms with Crippen LogP contribution in [-0.4, -0.2) is 34.0 Å². The van der Waals surface area contributed by atoms with Crippen molar-refractivity contribution in [2.75, 3.05) is 29.5 Å². The fourth-order valence-corrected chi connectivity index (χ4v) is 3.81. The Hall–Kier alpha value is -1.39. The number of anilines is 1. The molecule has 0 amide bonds. The molecule has 0 atom stereocenters. The van der Waals surface area contributed by atoms with Crippen LogP contribution in [0.2, 0.25) is 5.02 Å². The van der Waals surface area contributed by atoms with Crippen LogP contribution in [0.1, 0.15) is 0 Å². The van der Waals surface area contributed by atoms with E-state index in [2.05, 4.69) is 27.6 Å². The molecule has 0 radical (unpaired) electrons. The zero-order valence-electron chi connectivity index (χ0n) is 10.9. The molecule has 1 aliphatic heterocycles. The lowest BCUT2D eigenvalue weighted by Crippen LogP contribution is -2.33. The first kappa shape index (κ1) is 12.4.